The Balaban J connectivity index is 3.27. The van der Waals surface area contributed by atoms with Crippen LogP contribution >= 0.6 is 0 Å². The number of aromatic nitrogens is 1. The van der Waals surface area contributed by atoms with Gasteiger partial charge in [0.2, 0.25) is 0 Å². The summed E-state index contributed by atoms with van der Waals surface area (Å²) in [5.74, 6) is -0.200. The molecule has 2 N–H and O–H groups in total. The van der Waals surface area contributed by atoms with Crippen molar-refractivity contribution in [3.8, 4) is 0 Å². The molecular formula is C8H10BNO3. The van der Waals surface area contributed by atoms with E-state index in [2.05, 4.69) is 4.98 Å². The van der Waals surface area contributed by atoms with Crippen LogP contribution in [0.15, 0.2) is 12.3 Å². The lowest BCUT2D eigenvalue weighted by Gasteiger charge is -2.05. The minimum atomic E-state index is -1.65. The molecule has 1 aromatic heterocycles. The molecule has 1 rings (SSSR count). The second-order valence-electron chi connectivity index (χ2n) is 2.84. The molecule has 0 fully saturated rings. The molecule has 0 bridgehead atoms. The minimum absolute atomic E-state index is 0.151. The van der Waals surface area contributed by atoms with E-state index >= 15 is 0 Å². The van der Waals surface area contributed by atoms with Gasteiger partial charge in [0, 0.05) is 22.9 Å². The highest BCUT2D eigenvalue weighted by Crippen LogP contribution is 2.00. The first kappa shape index (κ1) is 9.89. The fourth-order valence-corrected chi connectivity index (χ4v) is 1.08. The molecule has 0 aliphatic rings. The topological polar surface area (TPSA) is 70.4 Å². The first-order valence-corrected chi connectivity index (χ1v) is 3.86. The second-order valence-corrected chi connectivity index (χ2v) is 2.84. The standard InChI is InChI=1S/C8H10BNO3/c1-5-3-7(6(2)11)8(4-10-5)9(12)13/h3-4,12-13H,1-2H3. The van der Waals surface area contributed by atoms with E-state index in [1.807, 2.05) is 0 Å². The first-order valence-electron chi connectivity index (χ1n) is 3.86. The number of rotatable bonds is 2. The van der Waals surface area contributed by atoms with Gasteiger partial charge in [-0.2, -0.15) is 0 Å². The number of Topliss-reactive ketones (excluding diaryl/α,β-unsaturated/α-hetero) is 1. The Hall–Kier alpha value is -1.20. The van der Waals surface area contributed by atoms with E-state index in [0.717, 1.165) is 0 Å². The summed E-state index contributed by atoms with van der Waals surface area (Å²) < 4.78 is 0. The number of aryl methyl sites for hydroxylation is 1. The number of pyridine rings is 1. The van der Waals surface area contributed by atoms with Crippen molar-refractivity contribution in [2.24, 2.45) is 0 Å². The van der Waals surface area contributed by atoms with Crippen molar-refractivity contribution < 1.29 is 14.8 Å². The van der Waals surface area contributed by atoms with Gasteiger partial charge in [0.15, 0.2) is 5.78 Å². The van der Waals surface area contributed by atoms with Gasteiger partial charge in [0.05, 0.1) is 0 Å². The summed E-state index contributed by atoms with van der Waals surface area (Å²) in [5.41, 5.74) is 1.13. The average molecular weight is 179 g/mol. The monoisotopic (exact) mass is 179 g/mol. The first-order chi connectivity index (χ1) is 6.02. The molecule has 1 heterocycles. The van der Waals surface area contributed by atoms with Crippen LogP contribution in [0.1, 0.15) is 23.0 Å². The average Bonchev–Trinajstić information content (AvgIpc) is 2.03. The van der Waals surface area contributed by atoms with Crippen molar-refractivity contribution in [3.05, 3.63) is 23.5 Å². The highest BCUT2D eigenvalue weighted by Gasteiger charge is 2.18. The highest BCUT2D eigenvalue weighted by atomic mass is 16.4. The summed E-state index contributed by atoms with van der Waals surface area (Å²) in [6, 6.07) is 1.54. The van der Waals surface area contributed by atoms with Crippen molar-refractivity contribution in [1.82, 2.24) is 4.98 Å². The van der Waals surface area contributed by atoms with Crippen LogP contribution in [0.3, 0.4) is 0 Å². The maximum absolute atomic E-state index is 11.1. The van der Waals surface area contributed by atoms with Crippen molar-refractivity contribution in [2.75, 3.05) is 0 Å². The van der Waals surface area contributed by atoms with Crippen molar-refractivity contribution in [3.63, 3.8) is 0 Å². The van der Waals surface area contributed by atoms with E-state index in [1.54, 1.807) is 6.92 Å². The van der Waals surface area contributed by atoms with Crippen LogP contribution in [-0.4, -0.2) is 27.9 Å². The van der Waals surface area contributed by atoms with Gasteiger partial charge in [0.25, 0.3) is 0 Å². The van der Waals surface area contributed by atoms with E-state index < -0.39 is 7.12 Å². The van der Waals surface area contributed by atoms with E-state index in [1.165, 1.54) is 19.2 Å². The van der Waals surface area contributed by atoms with Gasteiger partial charge < -0.3 is 10.0 Å². The Bertz CT molecular complexity index is 338. The number of nitrogens with zero attached hydrogens (tertiary/aromatic N) is 1. The third-order valence-corrected chi connectivity index (χ3v) is 1.73. The third-order valence-electron chi connectivity index (χ3n) is 1.73. The minimum Gasteiger partial charge on any atom is -0.423 e. The fraction of sp³-hybridized carbons (Fsp3) is 0.250. The van der Waals surface area contributed by atoms with Crippen LogP contribution in [0, 0.1) is 6.92 Å². The fourth-order valence-electron chi connectivity index (χ4n) is 1.08. The molecule has 0 aliphatic heterocycles. The SMILES string of the molecule is CC(=O)c1cc(C)ncc1B(O)O. The lowest BCUT2D eigenvalue weighted by atomic mass is 9.77. The summed E-state index contributed by atoms with van der Waals surface area (Å²) >= 11 is 0. The lowest BCUT2D eigenvalue weighted by molar-refractivity contribution is 0.101. The molecular weight excluding hydrogens is 169 g/mol. The van der Waals surface area contributed by atoms with Crippen LogP contribution in [0.25, 0.3) is 0 Å². The van der Waals surface area contributed by atoms with Crippen molar-refractivity contribution >= 4 is 18.4 Å². The molecule has 0 aliphatic carbocycles. The summed E-state index contributed by atoms with van der Waals surface area (Å²) in [4.78, 5) is 14.9. The predicted octanol–water partition coefficient (Wildman–Crippen LogP) is -0.728. The zero-order valence-electron chi connectivity index (χ0n) is 7.48. The maximum atomic E-state index is 11.1. The largest absolute Gasteiger partial charge is 0.490 e. The van der Waals surface area contributed by atoms with Gasteiger partial charge >= 0.3 is 7.12 Å². The molecule has 0 radical (unpaired) electrons. The maximum Gasteiger partial charge on any atom is 0.490 e. The summed E-state index contributed by atoms with van der Waals surface area (Å²) in [5, 5.41) is 17.8. The Morgan fingerprint density at radius 2 is 2.15 bits per heavy atom. The lowest BCUT2D eigenvalue weighted by Crippen LogP contribution is -2.34. The molecule has 0 spiro atoms. The highest BCUT2D eigenvalue weighted by molar-refractivity contribution is 6.60. The van der Waals surface area contributed by atoms with Gasteiger partial charge in [0.1, 0.15) is 0 Å². The Morgan fingerprint density at radius 3 is 2.62 bits per heavy atom. The number of hydrogen-bond acceptors (Lipinski definition) is 4. The zero-order chi connectivity index (χ0) is 10.0. The number of carbonyl (C=O) groups excluding carboxylic acids is 1. The second kappa shape index (κ2) is 3.68. The summed E-state index contributed by atoms with van der Waals surface area (Å²) in [7, 11) is -1.65. The van der Waals surface area contributed by atoms with Gasteiger partial charge in [-0.1, -0.05) is 0 Å². The van der Waals surface area contributed by atoms with Gasteiger partial charge in [-0.15, -0.1) is 0 Å². The number of carbonyl (C=O) groups is 1. The molecule has 0 amide bonds. The van der Waals surface area contributed by atoms with E-state index in [9.17, 15) is 4.79 Å². The van der Waals surface area contributed by atoms with E-state index in [0.29, 0.717) is 11.3 Å². The number of ketones is 1. The van der Waals surface area contributed by atoms with Crippen LogP contribution in [0.2, 0.25) is 0 Å². The molecule has 4 nitrogen and oxygen atoms in total. The Labute approximate surface area is 76.4 Å². The Morgan fingerprint density at radius 1 is 1.54 bits per heavy atom. The number of hydrogen-bond donors (Lipinski definition) is 2. The van der Waals surface area contributed by atoms with E-state index in [4.69, 9.17) is 10.0 Å². The third kappa shape index (κ3) is 2.14. The molecule has 13 heavy (non-hydrogen) atoms. The quantitative estimate of drug-likeness (QED) is 0.463. The van der Waals surface area contributed by atoms with Crippen LogP contribution in [-0.2, 0) is 0 Å². The van der Waals surface area contributed by atoms with Crippen LogP contribution < -0.4 is 5.46 Å². The summed E-state index contributed by atoms with van der Waals surface area (Å²) in [6.45, 7) is 3.11. The molecule has 0 atom stereocenters. The normalized spacial score (nSPS) is 9.85. The van der Waals surface area contributed by atoms with Gasteiger partial charge in [-0.25, -0.2) is 0 Å². The molecule has 68 valence electrons. The molecule has 0 aromatic carbocycles. The molecule has 1 aromatic rings. The van der Waals surface area contributed by atoms with Crippen LogP contribution in [0.4, 0.5) is 0 Å². The smallest absolute Gasteiger partial charge is 0.423 e. The van der Waals surface area contributed by atoms with Gasteiger partial charge in [-0.05, 0) is 19.9 Å². The van der Waals surface area contributed by atoms with Crippen molar-refractivity contribution in [2.45, 2.75) is 13.8 Å². The molecule has 0 unspecified atom stereocenters. The van der Waals surface area contributed by atoms with Gasteiger partial charge in [-0.3, -0.25) is 9.78 Å². The predicted molar refractivity (Wildman–Crippen MR) is 48.8 cm³/mol. The Kier molecular flexibility index (Phi) is 2.80. The summed E-state index contributed by atoms with van der Waals surface area (Å²) in [6.07, 6.45) is 1.30. The zero-order valence-corrected chi connectivity index (χ0v) is 7.48. The molecule has 0 saturated carbocycles. The van der Waals surface area contributed by atoms with Crippen LogP contribution in [0.5, 0.6) is 0 Å². The molecule has 0 saturated heterocycles. The van der Waals surface area contributed by atoms with E-state index in [-0.39, 0.29) is 11.2 Å². The van der Waals surface area contributed by atoms with Crippen molar-refractivity contribution in [1.29, 1.82) is 0 Å². The molecule has 5 heteroatoms.